The minimum atomic E-state index is -0.287. The Kier molecular flexibility index (Phi) is 5.19. The Morgan fingerprint density at radius 1 is 1.30 bits per heavy atom. The summed E-state index contributed by atoms with van der Waals surface area (Å²) in [6.07, 6.45) is 1.50. The monoisotopic (exact) mass is 314 g/mol. The van der Waals surface area contributed by atoms with Crippen LogP contribution in [0.5, 0.6) is 17.2 Å². The van der Waals surface area contributed by atoms with Crippen LogP contribution >= 0.6 is 0 Å². The van der Waals surface area contributed by atoms with E-state index in [-0.39, 0.29) is 23.8 Å². The van der Waals surface area contributed by atoms with Crippen LogP contribution in [-0.2, 0) is 11.2 Å². The highest BCUT2D eigenvalue weighted by molar-refractivity contribution is 5.87. The van der Waals surface area contributed by atoms with Crippen molar-refractivity contribution in [1.82, 2.24) is 5.43 Å². The van der Waals surface area contributed by atoms with Crippen molar-refractivity contribution in [3.8, 4) is 17.2 Å². The number of ether oxygens (including phenoxy) is 1. The van der Waals surface area contributed by atoms with E-state index in [4.69, 9.17) is 4.74 Å². The number of hydrazone groups is 1. The summed E-state index contributed by atoms with van der Waals surface area (Å²) in [6, 6.07) is 9.92. The van der Waals surface area contributed by atoms with Gasteiger partial charge in [0.1, 0.15) is 17.2 Å². The van der Waals surface area contributed by atoms with Gasteiger partial charge in [-0.25, -0.2) is 5.43 Å². The van der Waals surface area contributed by atoms with Crippen molar-refractivity contribution < 1.29 is 19.7 Å². The molecule has 0 aliphatic carbocycles. The van der Waals surface area contributed by atoms with E-state index in [1.807, 2.05) is 12.1 Å². The van der Waals surface area contributed by atoms with E-state index in [1.54, 1.807) is 26.2 Å². The van der Waals surface area contributed by atoms with Crippen LogP contribution in [0.4, 0.5) is 0 Å². The minimum absolute atomic E-state index is 0.0285. The molecule has 0 aliphatic rings. The van der Waals surface area contributed by atoms with Crippen molar-refractivity contribution >= 4 is 12.1 Å². The summed E-state index contributed by atoms with van der Waals surface area (Å²) >= 11 is 0. The molecule has 0 spiro atoms. The lowest BCUT2D eigenvalue weighted by atomic mass is 10.1. The van der Waals surface area contributed by atoms with Crippen molar-refractivity contribution in [2.24, 2.45) is 5.10 Å². The average Bonchev–Trinajstić information content (AvgIpc) is 2.50. The quantitative estimate of drug-likeness (QED) is 0.582. The second-order valence-corrected chi connectivity index (χ2v) is 5.02. The molecule has 0 radical (unpaired) electrons. The highest BCUT2D eigenvalue weighted by Crippen LogP contribution is 2.24. The molecule has 3 N–H and O–H groups in total. The molecule has 0 heterocycles. The predicted molar refractivity (Wildman–Crippen MR) is 86.9 cm³/mol. The summed E-state index contributed by atoms with van der Waals surface area (Å²) in [5.41, 5.74) is 4.29. The molecule has 0 bridgehead atoms. The molecule has 0 saturated heterocycles. The van der Waals surface area contributed by atoms with Crippen molar-refractivity contribution in [1.29, 1.82) is 0 Å². The number of carbonyl (C=O) groups excluding carboxylic acids is 1. The maximum Gasteiger partial charge on any atom is 0.244 e. The lowest BCUT2D eigenvalue weighted by Crippen LogP contribution is -2.19. The van der Waals surface area contributed by atoms with Gasteiger partial charge in [-0.15, -0.1) is 0 Å². The van der Waals surface area contributed by atoms with E-state index in [1.165, 1.54) is 18.3 Å². The number of rotatable bonds is 5. The second-order valence-electron chi connectivity index (χ2n) is 5.02. The first-order chi connectivity index (χ1) is 11.0. The molecule has 120 valence electrons. The Bertz CT molecular complexity index is 718. The van der Waals surface area contributed by atoms with Crippen LogP contribution in [0.1, 0.15) is 16.7 Å². The van der Waals surface area contributed by atoms with Gasteiger partial charge in [0.15, 0.2) is 0 Å². The van der Waals surface area contributed by atoms with Gasteiger partial charge in [0.05, 0.1) is 19.7 Å². The molecular weight excluding hydrogens is 296 g/mol. The third-order valence-corrected chi connectivity index (χ3v) is 3.23. The molecule has 2 aromatic rings. The number of methoxy groups -OCH3 is 1. The lowest BCUT2D eigenvalue weighted by molar-refractivity contribution is -0.120. The zero-order valence-corrected chi connectivity index (χ0v) is 12.9. The molecule has 6 nitrogen and oxygen atoms in total. The SMILES string of the molecule is COc1cccc(CC(=O)N/N=C/c2c(C)cc(O)cc2O)c1. The third-order valence-electron chi connectivity index (χ3n) is 3.23. The molecule has 0 saturated carbocycles. The maximum absolute atomic E-state index is 11.9. The normalized spacial score (nSPS) is 10.7. The van der Waals surface area contributed by atoms with Gasteiger partial charge in [-0.05, 0) is 36.2 Å². The highest BCUT2D eigenvalue weighted by Gasteiger charge is 2.06. The molecule has 23 heavy (non-hydrogen) atoms. The summed E-state index contributed by atoms with van der Waals surface area (Å²) in [6.45, 7) is 1.72. The number of amides is 1. The van der Waals surface area contributed by atoms with Crippen LogP contribution in [0, 0.1) is 6.92 Å². The van der Waals surface area contributed by atoms with Crippen molar-refractivity contribution in [3.05, 3.63) is 53.1 Å². The van der Waals surface area contributed by atoms with Gasteiger partial charge in [0.2, 0.25) is 5.91 Å². The van der Waals surface area contributed by atoms with Crippen LogP contribution < -0.4 is 10.2 Å². The number of aromatic hydroxyl groups is 2. The summed E-state index contributed by atoms with van der Waals surface area (Å²) in [7, 11) is 1.57. The van der Waals surface area contributed by atoms with Gasteiger partial charge < -0.3 is 14.9 Å². The Hall–Kier alpha value is -3.02. The second kappa shape index (κ2) is 7.31. The number of hydrogen-bond acceptors (Lipinski definition) is 5. The largest absolute Gasteiger partial charge is 0.508 e. The number of nitrogens with one attached hydrogen (secondary N) is 1. The first-order valence-corrected chi connectivity index (χ1v) is 6.97. The number of benzene rings is 2. The smallest absolute Gasteiger partial charge is 0.244 e. The van der Waals surface area contributed by atoms with Crippen LogP contribution in [0.15, 0.2) is 41.5 Å². The average molecular weight is 314 g/mol. The molecule has 0 aliphatic heterocycles. The van der Waals surface area contributed by atoms with E-state index < -0.39 is 0 Å². The Labute approximate surface area is 134 Å². The third kappa shape index (κ3) is 4.47. The summed E-state index contributed by atoms with van der Waals surface area (Å²) in [4.78, 5) is 11.9. The van der Waals surface area contributed by atoms with E-state index in [9.17, 15) is 15.0 Å². The van der Waals surface area contributed by atoms with Gasteiger partial charge >= 0.3 is 0 Å². The number of carbonyl (C=O) groups is 1. The van der Waals surface area contributed by atoms with Crippen LogP contribution in [-0.4, -0.2) is 29.4 Å². The molecule has 0 fully saturated rings. The zero-order chi connectivity index (χ0) is 16.8. The molecule has 2 aromatic carbocycles. The molecule has 0 unspecified atom stereocenters. The van der Waals surface area contributed by atoms with Gasteiger partial charge in [-0.1, -0.05) is 12.1 Å². The number of aryl methyl sites for hydroxylation is 1. The number of phenolic OH excluding ortho intramolecular Hbond substituents is 2. The van der Waals surface area contributed by atoms with E-state index in [2.05, 4.69) is 10.5 Å². The fraction of sp³-hybridized carbons (Fsp3) is 0.176. The van der Waals surface area contributed by atoms with Crippen LogP contribution in [0.2, 0.25) is 0 Å². The summed E-state index contributed by atoms with van der Waals surface area (Å²) < 4.78 is 5.10. The van der Waals surface area contributed by atoms with Gasteiger partial charge in [0, 0.05) is 11.6 Å². The Morgan fingerprint density at radius 2 is 2.09 bits per heavy atom. The van der Waals surface area contributed by atoms with Gasteiger partial charge in [-0.3, -0.25) is 4.79 Å². The summed E-state index contributed by atoms with van der Waals surface area (Å²) in [5.74, 6) is 0.265. The minimum Gasteiger partial charge on any atom is -0.508 e. The van der Waals surface area contributed by atoms with E-state index >= 15 is 0 Å². The lowest BCUT2D eigenvalue weighted by Gasteiger charge is -2.05. The van der Waals surface area contributed by atoms with Crippen LogP contribution in [0.25, 0.3) is 0 Å². The highest BCUT2D eigenvalue weighted by atomic mass is 16.5. The fourth-order valence-corrected chi connectivity index (χ4v) is 2.11. The van der Waals surface area contributed by atoms with Gasteiger partial charge in [0.25, 0.3) is 0 Å². The number of nitrogens with zero attached hydrogens (tertiary/aromatic N) is 1. The summed E-state index contributed by atoms with van der Waals surface area (Å²) in [5, 5.41) is 22.9. The predicted octanol–water partition coefficient (Wildman–Crippen LogP) is 2.11. The molecule has 0 atom stereocenters. The van der Waals surface area contributed by atoms with Crippen LogP contribution in [0.3, 0.4) is 0 Å². The fourth-order valence-electron chi connectivity index (χ4n) is 2.11. The van der Waals surface area contributed by atoms with Crippen molar-refractivity contribution in [3.63, 3.8) is 0 Å². The van der Waals surface area contributed by atoms with Gasteiger partial charge in [-0.2, -0.15) is 5.10 Å². The standard InChI is InChI=1S/C17H18N2O4/c1-11-6-13(20)9-16(21)15(11)10-18-19-17(22)8-12-4-3-5-14(7-12)23-2/h3-7,9-10,20-21H,8H2,1-2H3,(H,19,22)/b18-10+. The molecular formula is C17H18N2O4. The van der Waals surface area contributed by atoms with E-state index in [0.29, 0.717) is 16.9 Å². The number of hydrogen-bond donors (Lipinski definition) is 3. The first kappa shape index (κ1) is 16.4. The maximum atomic E-state index is 11.9. The van der Waals surface area contributed by atoms with Crippen molar-refractivity contribution in [2.75, 3.05) is 7.11 Å². The first-order valence-electron chi connectivity index (χ1n) is 6.97. The van der Waals surface area contributed by atoms with E-state index in [0.717, 1.165) is 5.56 Å². The molecule has 6 heteroatoms. The molecule has 0 aromatic heterocycles. The Balaban J connectivity index is 1.99. The van der Waals surface area contributed by atoms with Crippen molar-refractivity contribution in [2.45, 2.75) is 13.3 Å². The molecule has 1 amide bonds. The topological polar surface area (TPSA) is 91.2 Å². The molecule has 2 rings (SSSR count). The number of phenols is 2. The Morgan fingerprint density at radius 3 is 2.78 bits per heavy atom. The zero-order valence-electron chi connectivity index (χ0n) is 12.9.